The smallest absolute Gasteiger partial charge is 0.204 e. The molecule has 0 bridgehead atoms. The van der Waals surface area contributed by atoms with E-state index in [-0.39, 0.29) is 0 Å². The van der Waals surface area contributed by atoms with E-state index in [2.05, 4.69) is 25.6 Å². The topological polar surface area (TPSA) is 95.2 Å². The molecule has 0 radical (unpaired) electrons. The Labute approximate surface area is 174 Å². The molecule has 2 rings (SSSR count). The number of guanidine groups is 1. The first kappa shape index (κ1) is 21.9. The van der Waals surface area contributed by atoms with Crippen LogP contribution in [0.2, 0.25) is 0 Å². The van der Waals surface area contributed by atoms with Gasteiger partial charge >= 0.3 is 0 Å². The Hall–Kier alpha value is -2.44. The van der Waals surface area contributed by atoms with Crippen LogP contribution in [0.15, 0.2) is 47.7 Å². The fourth-order valence-corrected chi connectivity index (χ4v) is 3.75. The van der Waals surface area contributed by atoms with Gasteiger partial charge in [-0.3, -0.25) is 20.3 Å². The molecule has 0 aromatic carbocycles. The Morgan fingerprint density at radius 2 is 2.00 bits per heavy atom. The fourth-order valence-electron chi connectivity index (χ4n) is 2.20. The first-order chi connectivity index (χ1) is 13.8. The van der Waals surface area contributed by atoms with Crippen LogP contribution in [0.5, 0.6) is 5.75 Å². The van der Waals surface area contributed by atoms with E-state index in [4.69, 9.17) is 10.00 Å². The van der Waals surface area contributed by atoms with Crippen molar-refractivity contribution >= 4 is 29.5 Å². The molecule has 2 aromatic heterocycles. The minimum atomic E-state index is 0.511. The van der Waals surface area contributed by atoms with Crippen molar-refractivity contribution in [3.05, 3.63) is 54.1 Å². The number of nitrogens with zero attached hydrogens (tertiary/aromatic N) is 4. The van der Waals surface area contributed by atoms with E-state index in [1.54, 1.807) is 43.0 Å². The lowest BCUT2D eigenvalue weighted by molar-refractivity contribution is 0.409. The summed E-state index contributed by atoms with van der Waals surface area (Å²) in [5.41, 5.74) is 2.00. The lowest BCUT2D eigenvalue weighted by Gasteiger charge is -2.09. The average Bonchev–Trinajstić information content (AvgIpc) is 2.74. The molecule has 0 amide bonds. The van der Waals surface area contributed by atoms with Crippen LogP contribution in [-0.2, 0) is 11.5 Å². The van der Waals surface area contributed by atoms with E-state index in [9.17, 15) is 0 Å². The number of aliphatic imine (C=N–C) groups is 1. The molecule has 2 heterocycles. The lowest BCUT2D eigenvalue weighted by Crippen LogP contribution is -2.36. The number of nitriles is 1. The highest BCUT2D eigenvalue weighted by molar-refractivity contribution is 7.98. The highest BCUT2D eigenvalue weighted by atomic mass is 32.2. The monoisotopic (exact) mass is 416 g/mol. The Kier molecular flexibility index (Phi) is 10.7. The molecule has 9 heteroatoms. The third kappa shape index (κ3) is 8.50. The number of hydrogen-bond donors (Lipinski definition) is 2. The third-order valence-electron chi connectivity index (χ3n) is 3.50. The second-order valence-electron chi connectivity index (χ2n) is 5.47. The Bertz CT molecular complexity index is 767. The quantitative estimate of drug-likeness (QED) is 0.190. The van der Waals surface area contributed by atoms with Crippen LogP contribution < -0.4 is 15.4 Å². The zero-order valence-electron chi connectivity index (χ0n) is 15.8. The first-order valence-electron chi connectivity index (χ1n) is 8.80. The Balaban J connectivity index is 1.63. The number of methoxy groups -OCH3 is 1. The zero-order valence-corrected chi connectivity index (χ0v) is 17.4. The van der Waals surface area contributed by atoms with Crippen molar-refractivity contribution in [2.75, 3.05) is 31.7 Å². The van der Waals surface area contributed by atoms with Crippen LogP contribution in [0, 0.1) is 11.5 Å². The van der Waals surface area contributed by atoms with Crippen molar-refractivity contribution in [1.29, 1.82) is 5.26 Å². The second kappa shape index (κ2) is 13.7. The minimum Gasteiger partial charge on any atom is -0.495 e. The normalized spacial score (nSPS) is 10.9. The summed E-state index contributed by atoms with van der Waals surface area (Å²) in [7, 11) is 1.65. The molecule has 28 heavy (non-hydrogen) atoms. The lowest BCUT2D eigenvalue weighted by atomic mass is 10.3. The van der Waals surface area contributed by atoms with E-state index in [1.807, 2.05) is 36.5 Å². The van der Waals surface area contributed by atoms with Crippen LogP contribution >= 0.6 is 23.5 Å². The highest BCUT2D eigenvalue weighted by Crippen LogP contribution is 2.19. The molecular formula is C19H24N6OS2. The Morgan fingerprint density at radius 1 is 1.14 bits per heavy atom. The van der Waals surface area contributed by atoms with Gasteiger partial charge in [0, 0.05) is 41.9 Å². The van der Waals surface area contributed by atoms with Gasteiger partial charge in [-0.25, -0.2) is 0 Å². The van der Waals surface area contributed by atoms with Crippen molar-refractivity contribution in [2.24, 2.45) is 4.99 Å². The molecule has 0 unspecified atom stereocenters. The van der Waals surface area contributed by atoms with Gasteiger partial charge < -0.3 is 10.1 Å². The molecule has 148 valence electrons. The molecule has 0 saturated carbocycles. The van der Waals surface area contributed by atoms with Gasteiger partial charge in [0.05, 0.1) is 25.0 Å². The summed E-state index contributed by atoms with van der Waals surface area (Å²) in [6.45, 7) is 1.33. The zero-order chi connectivity index (χ0) is 19.9. The van der Waals surface area contributed by atoms with Crippen molar-refractivity contribution in [2.45, 2.75) is 11.5 Å². The van der Waals surface area contributed by atoms with Crippen LogP contribution in [0.25, 0.3) is 0 Å². The first-order valence-corrected chi connectivity index (χ1v) is 11.1. The molecule has 0 aliphatic rings. The SMILES string of the molecule is COc1cccnc1CSCCN/C(=N/CCSCc1ccccn1)NC#N. The molecule has 0 aliphatic heterocycles. The number of ether oxygens (including phenoxy) is 1. The maximum Gasteiger partial charge on any atom is 0.204 e. The van der Waals surface area contributed by atoms with Crippen LogP contribution in [0.4, 0.5) is 0 Å². The van der Waals surface area contributed by atoms with Gasteiger partial charge in [-0.15, -0.1) is 0 Å². The fraction of sp³-hybridized carbons (Fsp3) is 0.368. The number of thioether (sulfide) groups is 2. The summed E-state index contributed by atoms with van der Waals surface area (Å²) in [4.78, 5) is 13.0. The summed E-state index contributed by atoms with van der Waals surface area (Å²) in [5.74, 6) is 4.67. The van der Waals surface area contributed by atoms with Gasteiger partial charge in [-0.1, -0.05) is 6.07 Å². The molecule has 0 atom stereocenters. The molecule has 2 aromatic rings. The molecule has 2 N–H and O–H groups in total. The standard InChI is InChI=1S/C19H24N6OS2/c1-26-18-6-4-8-22-17(18)14-28-12-10-24-19(25-15-20)23-9-11-27-13-16-5-2-3-7-21-16/h2-8H,9-14H2,1H3,(H2,23,24,25). The maximum atomic E-state index is 8.87. The van der Waals surface area contributed by atoms with Gasteiger partial charge in [0.1, 0.15) is 5.75 Å². The minimum absolute atomic E-state index is 0.511. The summed E-state index contributed by atoms with van der Waals surface area (Å²) >= 11 is 3.51. The maximum absolute atomic E-state index is 8.87. The third-order valence-corrected chi connectivity index (χ3v) is 5.44. The van der Waals surface area contributed by atoms with Gasteiger partial charge in [-0.2, -0.15) is 28.8 Å². The van der Waals surface area contributed by atoms with Crippen molar-refractivity contribution in [1.82, 2.24) is 20.6 Å². The van der Waals surface area contributed by atoms with Crippen LogP contribution in [0.1, 0.15) is 11.4 Å². The Morgan fingerprint density at radius 3 is 2.79 bits per heavy atom. The number of aromatic nitrogens is 2. The van der Waals surface area contributed by atoms with E-state index in [1.165, 1.54) is 0 Å². The van der Waals surface area contributed by atoms with E-state index in [0.717, 1.165) is 40.1 Å². The summed E-state index contributed by atoms with van der Waals surface area (Å²) in [6, 6.07) is 9.68. The average molecular weight is 417 g/mol. The molecule has 7 nitrogen and oxygen atoms in total. The van der Waals surface area contributed by atoms with Crippen molar-refractivity contribution in [3.63, 3.8) is 0 Å². The number of nitrogens with one attached hydrogen (secondary N) is 2. The predicted molar refractivity (Wildman–Crippen MR) is 116 cm³/mol. The summed E-state index contributed by atoms with van der Waals surface area (Å²) in [6.07, 6.45) is 5.49. The molecule has 0 saturated heterocycles. The van der Waals surface area contributed by atoms with E-state index in [0.29, 0.717) is 19.0 Å². The van der Waals surface area contributed by atoms with Crippen molar-refractivity contribution < 1.29 is 4.74 Å². The van der Waals surface area contributed by atoms with Crippen molar-refractivity contribution in [3.8, 4) is 11.9 Å². The largest absolute Gasteiger partial charge is 0.495 e. The summed E-state index contributed by atoms with van der Waals surface area (Å²) in [5, 5.41) is 14.6. The van der Waals surface area contributed by atoms with Crippen LogP contribution in [-0.4, -0.2) is 47.6 Å². The molecule has 0 fully saturated rings. The predicted octanol–water partition coefficient (Wildman–Crippen LogP) is 2.67. The number of pyridine rings is 2. The second-order valence-corrected chi connectivity index (χ2v) is 7.68. The van der Waals surface area contributed by atoms with Gasteiger partial charge in [0.25, 0.3) is 0 Å². The number of rotatable bonds is 11. The molecule has 0 aliphatic carbocycles. The van der Waals surface area contributed by atoms with E-state index >= 15 is 0 Å². The molecule has 0 spiro atoms. The molecular weight excluding hydrogens is 392 g/mol. The van der Waals surface area contributed by atoms with E-state index < -0.39 is 0 Å². The number of hydrogen-bond acceptors (Lipinski definition) is 7. The van der Waals surface area contributed by atoms with Gasteiger partial charge in [0.2, 0.25) is 5.96 Å². The van der Waals surface area contributed by atoms with Crippen LogP contribution in [0.3, 0.4) is 0 Å². The summed E-state index contributed by atoms with van der Waals surface area (Å²) < 4.78 is 5.30. The van der Waals surface area contributed by atoms with Gasteiger partial charge in [0.15, 0.2) is 6.19 Å². The highest BCUT2D eigenvalue weighted by Gasteiger charge is 2.03. The van der Waals surface area contributed by atoms with Gasteiger partial charge in [-0.05, 0) is 24.3 Å².